The molecule has 154 valence electrons. The van der Waals surface area contributed by atoms with Gasteiger partial charge >= 0.3 is 0 Å². The monoisotopic (exact) mass is 417 g/mol. The topological polar surface area (TPSA) is 111 Å². The van der Waals surface area contributed by atoms with Gasteiger partial charge < -0.3 is 14.2 Å². The lowest BCUT2D eigenvalue weighted by Gasteiger charge is -2.29. The molecular weight excluding hydrogens is 394 g/mol. The Morgan fingerprint density at radius 3 is 2.66 bits per heavy atom. The minimum atomic E-state index is -0.344. The Labute approximate surface area is 171 Å². The number of nitrogens with zero attached hydrogens (tertiary/aromatic N) is 3. The normalized spacial score (nSPS) is 19.1. The summed E-state index contributed by atoms with van der Waals surface area (Å²) in [5.41, 5.74) is 0. The van der Waals surface area contributed by atoms with Crippen LogP contribution < -0.4 is 19.5 Å². The fourth-order valence-corrected chi connectivity index (χ4v) is 4.69. The maximum atomic E-state index is 13.0. The van der Waals surface area contributed by atoms with Gasteiger partial charge in [0.1, 0.15) is 11.0 Å². The molecule has 1 aliphatic carbocycles. The summed E-state index contributed by atoms with van der Waals surface area (Å²) < 4.78 is 18.2. The first-order chi connectivity index (χ1) is 14.1. The molecule has 0 radical (unpaired) electrons. The molecule has 10 heteroatoms. The van der Waals surface area contributed by atoms with Crippen molar-refractivity contribution in [2.75, 3.05) is 19.5 Å². The number of rotatable bonds is 6. The number of thiophene rings is 1. The highest BCUT2D eigenvalue weighted by molar-refractivity contribution is 7.21. The van der Waals surface area contributed by atoms with E-state index in [9.17, 15) is 4.79 Å². The summed E-state index contributed by atoms with van der Waals surface area (Å²) >= 11 is 1.33. The predicted octanol–water partition coefficient (Wildman–Crippen LogP) is 3.64. The molecule has 1 saturated carbocycles. The minimum absolute atomic E-state index is 0.0615. The molecule has 2 N–H and O–H groups in total. The number of nitrogens with one attached hydrogen (secondary N) is 2. The van der Waals surface area contributed by atoms with Crippen molar-refractivity contribution in [3.8, 4) is 17.2 Å². The smallest absolute Gasteiger partial charge is 0.272 e. The van der Waals surface area contributed by atoms with Crippen molar-refractivity contribution < 1.29 is 19.0 Å². The number of hydrogen-bond donors (Lipinski definition) is 2. The van der Waals surface area contributed by atoms with E-state index in [1.165, 1.54) is 17.8 Å². The zero-order chi connectivity index (χ0) is 20.4. The van der Waals surface area contributed by atoms with Gasteiger partial charge in [0.2, 0.25) is 0 Å². The highest BCUT2D eigenvalue weighted by atomic mass is 32.1. The van der Waals surface area contributed by atoms with Crippen molar-refractivity contribution in [1.82, 2.24) is 20.6 Å². The number of ether oxygens (including phenoxy) is 3. The van der Waals surface area contributed by atoms with E-state index in [0.717, 1.165) is 29.3 Å². The number of amides is 1. The minimum Gasteiger partial charge on any atom is -0.493 e. The van der Waals surface area contributed by atoms with Crippen LogP contribution in [0.5, 0.6) is 17.2 Å². The number of carbonyl (C=O) groups excluding carboxylic acids is 1. The van der Waals surface area contributed by atoms with Crippen LogP contribution >= 0.6 is 11.3 Å². The van der Waals surface area contributed by atoms with E-state index in [2.05, 4.69) is 32.9 Å². The van der Waals surface area contributed by atoms with Crippen LogP contribution in [0.3, 0.4) is 0 Å². The highest BCUT2D eigenvalue weighted by Crippen LogP contribution is 2.45. The predicted molar refractivity (Wildman–Crippen MR) is 109 cm³/mol. The molecule has 0 saturated heterocycles. The van der Waals surface area contributed by atoms with Crippen LogP contribution in [0.15, 0.2) is 12.1 Å². The van der Waals surface area contributed by atoms with Crippen molar-refractivity contribution in [3.05, 3.63) is 17.0 Å². The van der Waals surface area contributed by atoms with Crippen LogP contribution in [0.4, 0.5) is 5.95 Å². The SMILES string of the molecule is COc1cc2sc(C(=O)Nc3nn[nH]n3)c(OC3CCCC[C@@H]3C)c2cc1OC. The van der Waals surface area contributed by atoms with Gasteiger partial charge in [-0.2, -0.15) is 5.21 Å². The van der Waals surface area contributed by atoms with Crippen LogP contribution in [-0.2, 0) is 0 Å². The zero-order valence-corrected chi connectivity index (χ0v) is 17.3. The van der Waals surface area contributed by atoms with E-state index in [1.807, 2.05) is 12.1 Å². The molecule has 1 unspecified atom stereocenters. The molecule has 3 aromatic rings. The Morgan fingerprint density at radius 2 is 1.97 bits per heavy atom. The molecule has 2 aromatic heterocycles. The molecule has 9 nitrogen and oxygen atoms in total. The first-order valence-corrected chi connectivity index (χ1v) is 10.3. The molecule has 1 aromatic carbocycles. The zero-order valence-electron chi connectivity index (χ0n) is 16.5. The number of tetrazole rings is 1. The standard InChI is InChI=1S/C19H23N5O4S/c1-10-6-4-5-7-12(10)28-16-11-8-13(26-2)14(27-3)9-15(11)29-17(16)18(25)20-19-21-23-24-22-19/h8-10,12H,4-7H2,1-3H3,(H2,20,21,22,23,24,25)/t10-,12?/m0/s1. The summed E-state index contributed by atoms with van der Waals surface area (Å²) in [7, 11) is 3.17. The Balaban J connectivity index is 1.78. The molecule has 1 fully saturated rings. The summed E-state index contributed by atoms with van der Waals surface area (Å²) in [6.45, 7) is 2.20. The Kier molecular flexibility index (Phi) is 5.52. The number of fused-ring (bicyclic) bond motifs is 1. The Hall–Kier alpha value is -2.88. The molecule has 0 bridgehead atoms. The molecule has 1 aliphatic rings. The van der Waals surface area contributed by atoms with Gasteiger partial charge in [0, 0.05) is 16.2 Å². The van der Waals surface area contributed by atoms with E-state index in [-0.39, 0.29) is 18.0 Å². The number of methoxy groups -OCH3 is 2. The van der Waals surface area contributed by atoms with E-state index in [1.54, 1.807) is 14.2 Å². The van der Waals surface area contributed by atoms with Gasteiger partial charge in [0.25, 0.3) is 11.9 Å². The molecule has 2 heterocycles. The molecule has 29 heavy (non-hydrogen) atoms. The van der Waals surface area contributed by atoms with Crippen molar-refractivity contribution in [2.24, 2.45) is 5.92 Å². The van der Waals surface area contributed by atoms with Crippen LogP contribution in [-0.4, -0.2) is 46.9 Å². The Morgan fingerprint density at radius 1 is 1.21 bits per heavy atom. The second kappa shape index (κ2) is 8.24. The summed E-state index contributed by atoms with van der Waals surface area (Å²) in [6, 6.07) is 3.72. The number of aromatic nitrogens is 4. The van der Waals surface area contributed by atoms with E-state index >= 15 is 0 Å². The number of benzene rings is 1. The third-order valence-electron chi connectivity index (χ3n) is 5.23. The van der Waals surface area contributed by atoms with Gasteiger partial charge in [-0.15, -0.1) is 16.4 Å². The molecule has 1 amide bonds. The maximum Gasteiger partial charge on any atom is 0.272 e. The summed E-state index contributed by atoms with van der Waals surface area (Å²) in [5.74, 6) is 1.94. The summed E-state index contributed by atoms with van der Waals surface area (Å²) in [6.07, 6.45) is 4.48. The average molecular weight is 417 g/mol. The first-order valence-electron chi connectivity index (χ1n) is 9.50. The third kappa shape index (κ3) is 3.84. The molecule has 4 rings (SSSR count). The number of hydrogen-bond acceptors (Lipinski definition) is 8. The van der Waals surface area contributed by atoms with E-state index in [0.29, 0.717) is 28.0 Å². The van der Waals surface area contributed by atoms with Crippen molar-refractivity contribution in [3.63, 3.8) is 0 Å². The van der Waals surface area contributed by atoms with Crippen LogP contribution in [0, 0.1) is 5.92 Å². The fourth-order valence-electron chi connectivity index (χ4n) is 3.65. The van der Waals surface area contributed by atoms with Crippen molar-refractivity contribution in [2.45, 2.75) is 38.7 Å². The third-order valence-corrected chi connectivity index (χ3v) is 6.36. The molecule has 2 atom stereocenters. The van der Waals surface area contributed by atoms with Gasteiger partial charge in [0.15, 0.2) is 17.2 Å². The quantitative estimate of drug-likeness (QED) is 0.630. The van der Waals surface area contributed by atoms with Crippen molar-refractivity contribution >= 4 is 33.3 Å². The average Bonchev–Trinajstić information content (AvgIpc) is 3.36. The Bertz CT molecular complexity index is 1000. The second-order valence-electron chi connectivity index (χ2n) is 7.07. The maximum absolute atomic E-state index is 13.0. The highest BCUT2D eigenvalue weighted by Gasteiger charge is 2.28. The fraction of sp³-hybridized carbons (Fsp3) is 0.474. The van der Waals surface area contributed by atoms with Gasteiger partial charge in [-0.1, -0.05) is 18.4 Å². The number of H-pyrrole nitrogens is 1. The molecular formula is C19H23N5O4S. The number of anilines is 1. The van der Waals surface area contributed by atoms with Gasteiger partial charge in [-0.3, -0.25) is 10.1 Å². The van der Waals surface area contributed by atoms with Gasteiger partial charge in [-0.25, -0.2) is 0 Å². The molecule has 0 aliphatic heterocycles. The lowest BCUT2D eigenvalue weighted by molar-refractivity contribution is 0.0963. The van der Waals surface area contributed by atoms with Crippen LogP contribution in [0.2, 0.25) is 0 Å². The summed E-state index contributed by atoms with van der Waals surface area (Å²) in [4.78, 5) is 13.4. The van der Waals surface area contributed by atoms with Crippen LogP contribution in [0.1, 0.15) is 42.3 Å². The molecule has 0 spiro atoms. The largest absolute Gasteiger partial charge is 0.493 e. The second-order valence-corrected chi connectivity index (χ2v) is 8.12. The van der Waals surface area contributed by atoms with E-state index < -0.39 is 0 Å². The van der Waals surface area contributed by atoms with E-state index in [4.69, 9.17) is 14.2 Å². The number of carbonyl (C=O) groups is 1. The lowest BCUT2D eigenvalue weighted by Crippen LogP contribution is -2.29. The number of aromatic amines is 1. The summed E-state index contributed by atoms with van der Waals surface area (Å²) in [5, 5.41) is 16.9. The van der Waals surface area contributed by atoms with Crippen molar-refractivity contribution in [1.29, 1.82) is 0 Å². The van der Waals surface area contributed by atoms with Gasteiger partial charge in [-0.05, 0) is 36.5 Å². The first kappa shape index (κ1) is 19.4. The van der Waals surface area contributed by atoms with Crippen LogP contribution in [0.25, 0.3) is 10.1 Å². The lowest BCUT2D eigenvalue weighted by atomic mass is 9.88. The van der Waals surface area contributed by atoms with Gasteiger partial charge in [0.05, 0.1) is 14.2 Å².